The number of likely N-dealkylation sites (N-methyl/N-ethyl adjacent to an activating group) is 1. The van der Waals surface area contributed by atoms with Crippen LogP contribution in [0, 0.1) is 17.1 Å². The summed E-state index contributed by atoms with van der Waals surface area (Å²) in [5.74, 6) is 0.467. The number of aromatic hydroxyl groups is 1. The fourth-order valence-corrected chi connectivity index (χ4v) is 5.22. The van der Waals surface area contributed by atoms with Crippen LogP contribution in [0.25, 0.3) is 0 Å². The number of hydrogen-bond donors (Lipinski definition) is 2. The van der Waals surface area contributed by atoms with E-state index in [0.29, 0.717) is 44.3 Å². The second kappa shape index (κ2) is 10.2. The van der Waals surface area contributed by atoms with Crippen LogP contribution in [0.3, 0.4) is 0 Å². The van der Waals surface area contributed by atoms with Gasteiger partial charge < -0.3 is 29.7 Å². The predicted octanol–water partition coefficient (Wildman–Crippen LogP) is 2.55. The molecule has 0 saturated carbocycles. The predicted molar refractivity (Wildman–Crippen MR) is 127 cm³/mol. The third kappa shape index (κ3) is 4.97. The van der Waals surface area contributed by atoms with E-state index in [-0.39, 0.29) is 23.4 Å². The number of nitriles is 1. The van der Waals surface area contributed by atoms with Gasteiger partial charge >= 0.3 is 6.01 Å². The van der Waals surface area contributed by atoms with Gasteiger partial charge in [0.05, 0.1) is 23.6 Å². The molecule has 5 rings (SSSR count). The van der Waals surface area contributed by atoms with Gasteiger partial charge in [-0.05, 0) is 51.4 Å². The molecule has 4 heterocycles. The Morgan fingerprint density at radius 1 is 1.31 bits per heavy atom. The number of ether oxygens (including phenoxy) is 2. The quantitative estimate of drug-likeness (QED) is 0.642. The monoisotopic (exact) mass is 482 g/mol. The van der Waals surface area contributed by atoms with Crippen molar-refractivity contribution in [3.63, 3.8) is 0 Å². The lowest BCUT2D eigenvalue weighted by atomic mass is 9.97. The fourth-order valence-electron chi connectivity index (χ4n) is 5.22. The molecule has 3 aliphatic rings. The summed E-state index contributed by atoms with van der Waals surface area (Å²) in [5.41, 5.74) is 0.990. The van der Waals surface area contributed by atoms with E-state index >= 15 is 0 Å². The van der Waals surface area contributed by atoms with E-state index in [0.717, 1.165) is 43.9 Å². The van der Waals surface area contributed by atoms with Gasteiger partial charge in [-0.15, -0.1) is 0 Å². The zero-order chi connectivity index (χ0) is 24.4. The molecule has 0 spiro atoms. The molecule has 1 aromatic carbocycles. The third-order valence-electron chi connectivity index (χ3n) is 7.16. The maximum absolute atomic E-state index is 14.6. The van der Waals surface area contributed by atoms with Crippen LogP contribution in [0.1, 0.15) is 42.9 Å². The van der Waals surface area contributed by atoms with Gasteiger partial charge in [0.15, 0.2) is 0 Å². The van der Waals surface area contributed by atoms with E-state index in [1.165, 1.54) is 18.2 Å². The molecule has 0 bridgehead atoms. The number of hydrogen-bond acceptors (Lipinski definition) is 9. The number of nitrogens with one attached hydrogen (secondary N) is 1. The molecule has 0 amide bonds. The second-order valence-electron chi connectivity index (χ2n) is 9.48. The Morgan fingerprint density at radius 2 is 2.20 bits per heavy atom. The van der Waals surface area contributed by atoms with Crippen molar-refractivity contribution < 1.29 is 19.0 Å². The first-order chi connectivity index (χ1) is 17.0. The molecule has 35 heavy (non-hydrogen) atoms. The minimum atomic E-state index is -0.658. The number of aromatic nitrogens is 2. The molecule has 2 aromatic rings. The van der Waals surface area contributed by atoms with Gasteiger partial charge in [0.2, 0.25) is 5.88 Å². The molecule has 10 heteroatoms. The fraction of sp³-hybridized carbons (Fsp3) is 0.560. The SMILES string of the molecule is CN1CCCC1COc1nc2c(c(N3CCN[C@@H](CC#N)C3)n1)CCC(c1c(O)cccc1F)O2. The summed E-state index contributed by atoms with van der Waals surface area (Å²) in [4.78, 5) is 13.8. The summed E-state index contributed by atoms with van der Waals surface area (Å²) in [6.07, 6.45) is 3.01. The number of rotatable bonds is 6. The highest BCUT2D eigenvalue weighted by atomic mass is 19.1. The highest BCUT2D eigenvalue weighted by Crippen LogP contribution is 2.42. The molecule has 3 atom stereocenters. The van der Waals surface area contributed by atoms with E-state index in [9.17, 15) is 9.50 Å². The number of benzene rings is 1. The van der Waals surface area contributed by atoms with Gasteiger partial charge in [0.25, 0.3) is 0 Å². The van der Waals surface area contributed by atoms with Crippen molar-refractivity contribution in [1.82, 2.24) is 20.2 Å². The summed E-state index contributed by atoms with van der Waals surface area (Å²) in [6.45, 7) is 3.63. The van der Waals surface area contributed by atoms with E-state index in [4.69, 9.17) is 19.7 Å². The van der Waals surface area contributed by atoms with E-state index in [1.807, 2.05) is 0 Å². The van der Waals surface area contributed by atoms with Crippen LogP contribution in [-0.2, 0) is 6.42 Å². The molecule has 9 nitrogen and oxygen atoms in total. The number of nitrogens with zero attached hydrogens (tertiary/aromatic N) is 5. The van der Waals surface area contributed by atoms with Gasteiger partial charge in [0.1, 0.15) is 30.1 Å². The lowest BCUT2D eigenvalue weighted by Crippen LogP contribution is -2.51. The van der Waals surface area contributed by atoms with Crippen molar-refractivity contribution in [1.29, 1.82) is 5.26 Å². The number of halogens is 1. The van der Waals surface area contributed by atoms with Crippen LogP contribution in [0.15, 0.2) is 18.2 Å². The summed E-state index contributed by atoms with van der Waals surface area (Å²) < 4.78 is 26.8. The first-order valence-electron chi connectivity index (χ1n) is 12.3. The van der Waals surface area contributed by atoms with Crippen LogP contribution in [0.2, 0.25) is 0 Å². The molecule has 2 unspecified atom stereocenters. The van der Waals surface area contributed by atoms with Gasteiger partial charge in [-0.25, -0.2) is 4.39 Å². The molecule has 0 radical (unpaired) electrons. The lowest BCUT2D eigenvalue weighted by Gasteiger charge is -2.36. The number of anilines is 1. The largest absolute Gasteiger partial charge is 0.507 e. The van der Waals surface area contributed by atoms with Crippen LogP contribution in [0.4, 0.5) is 10.2 Å². The molecular weight excluding hydrogens is 451 g/mol. The number of phenolic OH excluding ortho intramolecular Hbond substituents is 1. The topological polar surface area (TPSA) is 107 Å². The summed E-state index contributed by atoms with van der Waals surface area (Å²) in [6, 6.07) is 7.08. The molecule has 2 N–H and O–H groups in total. The highest BCUT2D eigenvalue weighted by Gasteiger charge is 2.33. The van der Waals surface area contributed by atoms with Gasteiger partial charge in [0, 0.05) is 31.7 Å². The Bertz CT molecular complexity index is 1090. The van der Waals surface area contributed by atoms with E-state index in [2.05, 4.69) is 33.2 Å². The Morgan fingerprint density at radius 3 is 2.97 bits per heavy atom. The van der Waals surface area contributed by atoms with Crippen LogP contribution in [-0.4, -0.2) is 71.9 Å². The number of phenols is 1. The van der Waals surface area contributed by atoms with Crippen molar-refractivity contribution in [3.8, 4) is 23.7 Å². The van der Waals surface area contributed by atoms with Crippen molar-refractivity contribution in [2.45, 2.75) is 50.3 Å². The number of likely N-dealkylation sites (tertiary alicyclic amines) is 1. The van der Waals surface area contributed by atoms with Gasteiger partial charge in [-0.2, -0.15) is 15.2 Å². The summed E-state index contributed by atoms with van der Waals surface area (Å²) >= 11 is 0. The Balaban J connectivity index is 1.45. The van der Waals surface area contributed by atoms with Gasteiger partial charge in [-0.1, -0.05) is 6.07 Å². The molecular formula is C25H31FN6O3. The average Bonchev–Trinajstić information content (AvgIpc) is 3.27. The maximum Gasteiger partial charge on any atom is 0.321 e. The highest BCUT2D eigenvalue weighted by molar-refractivity contribution is 5.54. The first-order valence-corrected chi connectivity index (χ1v) is 12.3. The van der Waals surface area contributed by atoms with Crippen LogP contribution < -0.4 is 19.7 Å². The Kier molecular flexibility index (Phi) is 6.88. The zero-order valence-electron chi connectivity index (χ0n) is 19.9. The smallest absolute Gasteiger partial charge is 0.321 e. The summed E-state index contributed by atoms with van der Waals surface area (Å²) in [7, 11) is 2.09. The third-order valence-corrected chi connectivity index (χ3v) is 7.16. The normalized spacial score (nSPS) is 24.5. The van der Waals surface area contributed by atoms with Crippen molar-refractivity contribution in [2.75, 3.05) is 44.7 Å². The standard InChI is InChI=1S/C25H31FN6O3/c1-31-12-3-4-17(31)15-34-25-29-23(32-13-11-28-16(14-32)9-10-27)18-7-8-21(35-24(18)30-25)22-19(26)5-2-6-20(22)33/h2,5-6,16-17,21,28,33H,3-4,7-9,11-15H2,1H3/t16-,17?,21?/m0/s1. The lowest BCUT2D eigenvalue weighted by molar-refractivity contribution is 0.151. The van der Waals surface area contributed by atoms with Crippen molar-refractivity contribution >= 4 is 5.82 Å². The average molecular weight is 483 g/mol. The second-order valence-corrected chi connectivity index (χ2v) is 9.48. The number of fused-ring (bicyclic) bond motifs is 1. The Labute approximate surface area is 204 Å². The molecule has 3 aliphatic heterocycles. The van der Waals surface area contributed by atoms with E-state index in [1.54, 1.807) is 0 Å². The van der Waals surface area contributed by atoms with E-state index < -0.39 is 11.9 Å². The first kappa shape index (κ1) is 23.6. The minimum absolute atomic E-state index is 0.0449. The summed E-state index contributed by atoms with van der Waals surface area (Å²) in [5, 5.41) is 22.8. The van der Waals surface area contributed by atoms with Crippen molar-refractivity contribution in [3.05, 3.63) is 35.1 Å². The molecule has 186 valence electrons. The maximum atomic E-state index is 14.6. The number of piperazine rings is 1. The van der Waals surface area contributed by atoms with Crippen LogP contribution >= 0.6 is 0 Å². The van der Waals surface area contributed by atoms with Gasteiger partial charge in [-0.3, -0.25) is 0 Å². The zero-order valence-corrected chi connectivity index (χ0v) is 19.9. The Hall–Kier alpha value is -3.16. The molecule has 0 aliphatic carbocycles. The molecule has 2 fully saturated rings. The molecule has 2 saturated heterocycles. The molecule has 1 aromatic heterocycles. The van der Waals surface area contributed by atoms with Crippen LogP contribution in [0.5, 0.6) is 17.6 Å². The minimum Gasteiger partial charge on any atom is -0.507 e. The van der Waals surface area contributed by atoms with Crippen molar-refractivity contribution in [2.24, 2.45) is 0 Å².